The molecule has 49 heavy (non-hydrogen) atoms. The lowest BCUT2D eigenvalue weighted by Gasteiger charge is -2.06. The fourth-order valence-corrected chi connectivity index (χ4v) is 8.14. The van der Waals surface area contributed by atoms with E-state index in [2.05, 4.69) is 15.0 Å². The van der Waals surface area contributed by atoms with E-state index >= 15 is 0 Å². The molecule has 2 aliphatic rings. The summed E-state index contributed by atoms with van der Waals surface area (Å²) in [4.78, 5) is 32.8. The first-order valence-electron chi connectivity index (χ1n) is 14.3. The molecule has 0 radical (unpaired) electrons. The molecule has 0 amide bonds. The molecular weight excluding hydrogens is 692 g/mol. The maximum atomic E-state index is 12.8. The monoisotopic (exact) mass is 710 g/mol. The summed E-state index contributed by atoms with van der Waals surface area (Å²) in [5.41, 5.74) is 3.32. The van der Waals surface area contributed by atoms with Gasteiger partial charge in [-0.2, -0.15) is 16.8 Å². The highest BCUT2D eigenvalue weighted by atomic mass is 35.5. The molecule has 7 aromatic rings. The summed E-state index contributed by atoms with van der Waals surface area (Å²) in [7, 11) is -10.4. The molecule has 5 heterocycles. The van der Waals surface area contributed by atoms with Crippen LogP contribution in [0.15, 0.2) is 94.7 Å². The van der Waals surface area contributed by atoms with Crippen LogP contribution in [-0.4, -0.2) is 65.8 Å². The Morgan fingerprint density at radius 3 is 1.27 bits per heavy atom. The second-order valence-corrected chi connectivity index (χ2v) is 13.8. The number of H-pyrrole nitrogens is 2. The zero-order valence-electron chi connectivity index (χ0n) is 24.5. The van der Waals surface area contributed by atoms with E-state index in [4.69, 9.17) is 24.9 Å². The summed E-state index contributed by atoms with van der Waals surface area (Å²) >= 11 is 0. The van der Waals surface area contributed by atoms with Crippen molar-refractivity contribution in [2.45, 2.75) is 9.79 Å². The smallest absolute Gasteiger partial charge is 0.296 e. The van der Waals surface area contributed by atoms with Crippen molar-refractivity contribution >= 4 is 76.8 Å². The topological polar surface area (TPSA) is 218 Å². The Balaban J connectivity index is 0.00000348. The van der Waals surface area contributed by atoms with Crippen molar-refractivity contribution in [3.05, 3.63) is 84.9 Å². The van der Waals surface area contributed by atoms with Crippen LogP contribution in [0.25, 0.3) is 89.7 Å². The molecule has 0 saturated carbocycles. The van der Waals surface area contributed by atoms with Crippen LogP contribution in [0.3, 0.4) is 0 Å². The Hall–Kier alpha value is -5.65. The van der Waals surface area contributed by atoms with Crippen LogP contribution < -0.4 is 0 Å². The fraction of sp³-hybridized carbons (Fsp3) is 0. The van der Waals surface area contributed by atoms with Crippen molar-refractivity contribution in [2.75, 3.05) is 0 Å². The number of fused-ring (bicyclic) bond motifs is 20. The molecule has 8 bridgehead atoms. The van der Waals surface area contributed by atoms with Crippen LogP contribution in [0, 0.1) is 0 Å². The number of rotatable bonds is 2. The molecule has 0 saturated heterocycles. The molecule has 17 heteroatoms. The molecule has 242 valence electrons. The molecule has 0 unspecified atom stereocenters. The van der Waals surface area contributed by atoms with Crippen LogP contribution in [0.2, 0.25) is 0 Å². The minimum absolute atomic E-state index is 0. The molecule has 9 rings (SSSR count). The van der Waals surface area contributed by atoms with Gasteiger partial charge in [0.05, 0.1) is 5.39 Å². The van der Waals surface area contributed by atoms with E-state index < -0.39 is 30.0 Å². The van der Waals surface area contributed by atoms with E-state index in [0.717, 1.165) is 16.8 Å². The molecule has 2 aliphatic heterocycles. The number of hydrogen-bond acceptors (Lipinski definition) is 10. The van der Waals surface area contributed by atoms with Crippen LogP contribution in [0.1, 0.15) is 0 Å². The van der Waals surface area contributed by atoms with Gasteiger partial charge in [-0.15, -0.1) is 12.4 Å². The highest BCUT2D eigenvalue weighted by molar-refractivity contribution is 7.89. The SMILES string of the molecule is Cl.O=S(=O)(O)c1ccc2c3nc4nc(nc5[nH]c(nc6nc(nc([nH]3)c2c1S(=O)(=O)O)-c1ccccc1-6)c1ccccc51)-c1ccccc1-4. The largest absolute Gasteiger partial charge is 0.324 e. The molecule has 14 nitrogen and oxygen atoms in total. The number of hydrogen-bond donors (Lipinski definition) is 4. The van der Waals surface area contributed by atoms with Crippen molar-refractivity contribution in [1.29, 1.82) is 0 Å². The zero-order valence-corrected chi connectivity index (χ0v) is 27.0. The summed E-state index contributed by atoms with van der Waals surface area (Å²) in [6, 6.07) is 24.2. The molecule has 4 N–H and O–H groups in total. The third-order valence-electron chi connectivity index (χ3n) is 8.17. The van der Waals surface area contributed by atoms with Crippen LogP contribution >= 0.6 is 12.4 Å². The van der Waals surface area contributed by atoms with E-state index in [-0.39, 0.29) is 46.1 Å². The van der Waals surface area contributed by atoms with Crippen LogP contribution in [-0.2, 0) is 20.2 Å². The van der Waals surface area contributed by atoms with Crippen LogP contribution in [0.5, 0.6) is 0 Å². The molecule has 0 fully saturated rings. The predicted octanol–water partition coefficient (Wildman–Crippen LogP) is 5.78. The number of halogens is 1. The van der Waals surface area contributed by atoms with Crippen molar-refractivity contribution in [3.8, 4) is 45.6 Å². The third kappa shape index (κ3) is 4.76. The Labute approximate surface area is 281 Å². The van der Waals surface area contributed by atoms with Crippen molar-refractivity contribution in [2.24, 2.45) is 0 Å². The number of nitrogens with zero attached hydrogens (tertiary/aromatic N) is 6. The summed E-state index contributed by atoms with van der Waals surface area (Å²) in [6.07, 6.45) is 0. The lowest BCUT2D eigenvalue weighted by Crippen LogP contribution is -2.09. The predicted molar refractivity (Wildman–Crippen MR) is 183 cm³/mol. The second-order valence-electron chi connectivity index (χ2n) is 11.0. The van der Waals surface area contributed by atoms with Gasteiger partial charge in [-0.3, -0.25) is 9.11 Å². The number of benzene rings is 4. The van der Waals surface area contributed by atoms with Gasteiger partial charge in [-0.05, 0) is 12.1 Å². The molecule has 3 aromatic heterocycles. The average Bonchev–Trinajstić information content (AvgIpc) is 3.79. The van der Waals surface area contributed by atoms with Gasteiger partial charge in [0.25, 0.3) is 20.2 Å². The highest BCUT2D eigenvalue weighted by Crippen LogP contribution is 2.39. The van der Waals surface area contributed by atoms with E-state index in [1.807, 2.05) is 48.5 Å². The van der Waals surface area contributed by atoms with E-state index in [1.165, 1.54) is 6.07 Å². The Kier molecular flexibility index (Phi) is 6.68. The normalized spacial score (nSPS) is 12.4. The molecule has 0 spiro atoms. The van der Waals surface area contributed by atoms with E-state index in [9.17, 15) is 25.9 Å². The first-order chi connectivity index (χ1) is 23.0. The van der Waals surface area contributed by atoms with Gasteiger partial charge in [0.15, 0.2) is 23.3 Å². The average molecular weight is 711 g/mol. The Morgan fingerprint density at radius 2 is 0.837 bits per heavy atom. The van der Waals surface area contributed by atoms with E-state index in [1.54, 1.807) is 24.3 Å². The first kappa shape index (κ1) is 30.7. The van der Waals surface area contributed by atoms with Gasteiger partial charge in [-0.1, -0.05) is 72.8 Å². The van der Waals surface area contributed by atoms with Crippen molar-refractivity contribution in [1.82, 2.24) is 39.9 Å². The summed E-state index contributed by atoms with van der Waals surface area (Å²) in [5, 5.41) is 1.33. The number of nitrogens with one attached hydrogen (secondary N) is 2. The quantitative estimate of drug-likeness (QED) is 0.157. The first-order valence-corrected chi connectivity index (χ1v) is 17.1. The van der Waals surface area contributed by atoms with Gasteiger partial charge < -0.3 is 9.97 Å². The van der Waals surface area contributed by atoms with Gasteiger partial charge in [0.2, 0.25) is 0 Å². The van der Waals surface area contributed by atoms with Gasteiger partial charge >= 0.3 is 0 Å². The van der Waals surface area contributed by atoms with Crippen molar-refractivity contribution in [3.63, 3.8) is 0 Å². The Morgan fingerprint density at radius 1 is 0.449 bits per heavy atom. The highest BCUT2D eigenvalue weighted by Gasteiger charge is 2.30. The summed E-state index contributed by atoms with van der Waals surface area (Å²) in [5.74, 6) is 0.980. The number of aromatic nitrogens is 8. The lowest BCUT2D eigenvalue weighted by molar-refractivity contribution is 0.468. The fourth-order valence-electron chi connectivity index (χ4n) is 6.14. The van der Waals surface area contributed by atoms with Gasteiger partial charge in [0, 0.05) is 38.4 Å². The van der Waals surface area contributed by atoms with Crippen molar-refractivity contribution < 1.29 is 25.9 Å². The molecule has 0 atom stereocenters. The van der Waals surface area contributed by atoms with Gasteiger partial charge in [0.1, 0.15) is 32.4 Å². The number of aromatic amines is 2. The van der Waals surface area contributed by atoms with Gasteiger partial charge in [-0.25, -0.2) is 29.9 Å². The minimum atomic E-state index is -5.27. The standard InChI is InChI=1S/C32H18N8O6S2.ClH/c41-47(42,43)22-14-13-21-23(24(22)48(44,45)46)32-39-30-20-12-6-5-11-19(20)28(37-30)35-26-16-8-2-1-7-15(16)25(33-26)34-27-17-9-3-4-10-18(17)29(36-27)38-31(21)40-32;/h1-14H,(H,41,42,43)(H,44,45,46)(H2,33,34,35,36,37,38,39,40);1H. The zero-order chi connectivity index (χ0) is 32.9. The summed E-state index contributed by atoms with van der Waals surface area (Å²) in [6.45, 7) is 0. The van der Waals surface area contributed by atoms with E-state index in [0.29, 0.717) is 45.2 Å². The summed E-state index contributed by atoms with van der Waals surface area (Å²) < 4.78 is 70.7. The molecule has 4 aromatic carbocycles. The maximum Gasteiger partial charge on any atom is 0.296 e. The maximum absolute atomic E-state index is 12.8. The lowest BCUT2D eigenvalue weighted by atomic mass is 10.1. The minimum Gasteiger partial charge on any atom is -0.324 e. The van der Waals surface area contributed by atoms with Crippen LogP contribution in [0.4, 0.5) is 0 Å². The molecular formula is C32H19ClN8O6S2. The molecule has 0 aliphatic carbocycles. The second kappa shape index (κ2) is 10.7. The third-order valence-corrected chi connectivity index (χ3v) is 10.1. The Bertz CT molecular complexity index is 2980.